The fourth-order valence-corrected chi connectivity index (χ4v) is 5.53. The number of rotatable bonds is 7. The average Bonchev–Trinajstić information content (AvgIpc) is 3.30. The fraction of sp³-hybridized carbons (Fsp3) is 0.400. The minimum atomic E-state index is -4.57. The standard InChI is InChI=1S/C30H33F3N6O3/c1-19(34)20-8-10-22(11-9-20)27-25-26(36-37(27)2)28(41)39(18-35-25)17-29(42)12-14-38(15-13-29)24(40)16-23(30(31,32)33)21-6-4-3-5-7-21/h3-11,18-19,23,42H,12-17,34H2,1-2H3/t19-,23-/m1/s1. The van der Waals surface area contributed by atoms with E-state index in [0.29, 0.717) is 11.2 Å². The number of piperidine rings is 1. The van der Waals surface area contributed by atoms with Gasteiger partial charge in [-0.3, -0.25) is 18.8 Å². The summed E-state index contributed by atoms with van der Waals surface area (Å²) >= 11 is 0. The van der Waals surface area contributed by atoms with Gasteiger partial charge in [-0.25, -0.2) is 4.98 Å². The van der Waals surface area contributed by atoms with Gasteiger partial charge in [-0.1, -0.05) is 54.6 Å². The number of aryl methyl sites for hydroxylation is 1. The molecule has 1 fully saturated rings. The molecule has 222 valence electrons. The highest BCUT2D eigenvalue weighted by atomic mass is 19.4. The number of fused-ring (bicyclic) bond motifs is 1. The number of hydrogen-bond donors (Lipinski definition) is 2. The minimum Gasteiger partial charge on any atom is -0.388 e. The summed E-state index contributed by atoms with van der Waals surface area (Å²) < 4.78 is 44.2. The Morgan fingerprint density at radius 2 is 1.69 bits per heavy atom. The van der Waals surface area contributed by atoms with Crippen LogP contribution in [0.15, 0.2) is 65.7 Å². The van der Waals surface area contributed by atoms with Crippen LogP contribution in [0.3, 0.4) is 0 Å². The van der Waals surface area contributed by atoms with Crippen LogP contribution in [0.4, 0.5) is 13.2 Å². The summed E-state index contributed by atoms with van der Waals surface area (Å²) in [6.45, 7) is 1.96. The van der Waals surface area contributed by atoms with Gasteiger partial charge in [0.1, 0.15) is 5.52 Å². The number of amides is 1. The molecule has 2 aromatic heterocycles. The lowest BCUT2D eigenvalue weighted by atomic mass is 9.90. The van der Waals surface area contributed by atoms with Crippen molar-refractivity contribution in [2.75, 3.05) is 13.1 Å². The second kappa shape index (κ2) is 11.3. The first-order valence-electron chi connectivity index (χ1n) is 13.8. The van der Waals surface area contributed by atoms with Crippen LogP contribution in [0.25, 0.3) is 22.3 Å². The lowest BCUT2D eigenvalue weighted by molar-refractivity contribution is -0.162. The fourth-order valence-electron chi connectivity index (χ4n) is 5.53. The summed E-state index contributed by atoms with van der Waals surface area (Å²) in [4.78, 5) is 32.1. The Kier molecular flexibility index (Phi) is 7.95. The monoisotopic (exact) mass is 582 g/mol. The Bertz CT molecular complexity index is 1620. The van der Waals surface area contributed by atoms with Gasteiger partial charge in [0.15, 0.2) is 5.52 Å². The number of likely N-dealkylation sites (tertiary alicyclic amines) is 1. The van der Waals surface area contributed by atoms with Crippen LogP contribution in [0.2, 0.25) is 0 Å². The molecule has 0 bridgehead atoms. The van der Waals surface area contributed by atoms with Crippen LogP contribution in [0.5, 0.6) is 0 Å². The van der Waals surface area contributed by atoms with E-state index in [9.17, 15) is 27.9 Å². The van der Waals surface area contributed by atoms with E-state index in [1.807, 2.05) is 31.2 Å². The first-order chi connectivity index (χ1) is 19.9. The predicted molar refractivity (Wildman–Crippen MR) is 151 cm³/mol. The third-order valence-corrected chi connectivity index (χ3v) is 8.01. The SMILES string of the molecule is C[C@@H](N)c1ccc(-c2c3ncn(CC4(O)CCN(C(=O)C[C@H](c5ccccc5)C(F)(F)F)CC4)c(=O)c3nn2C)cc1. The Hall–Kier alpha value is -4.03. The lowest BCUT2D eigenvalue weighted by Gasteiger charge is -2.39. The molecule has 2 atom stereocenters. The Morgan fingerprint density at radius 3 is 2.29 bits per heavy atom. The number of carbonyl (C=O) groups excluding carboxylic acids is 1. The molecule has 0 aliphatic carbocycles. The topological polar surface area (TPSA) is 119 Å². The largest absolute Gasteiger partial charge is 0.396 e. The highest BCUT2D eigenvalue weighted by Gasteiger charge is 2.43. The van der Waals surface area contributed by atoms with Crippen molar-refractivity contribution >= 4 is 16.9 Å². The van der Waals surface area contributed by atoms with Crippen molar-refractivity contribution in [2.45, 2.75) is 56.5 Å². The van der Waals surface area contributed by atoms with Gasteiger partial charge in [0, 0.05) is 38.2 Å². The number of benzene rings is 2. The average molecular weight is 583 g/mol. The van der Waals surface area contributed by atoms with Gasteiger partial charge in [0.05, 0.1) is 30.1 Å². The predicted octanol–water partition coefficient (Wildman–Crippen LogP) is 3.91. The molecule has 3 heterocycles. The summed E-state index contributed by atoms with van der Waals surface area (Å²) in [6, 6.07) is 14.9. The summed E-state index contributed by atoms with van der Waals surface area (Å²) in [5, 5.41) is 15.7. The maximum Gasteiger partial charge on any atom is 0.396 e. The smallest absolute Gasteiger partial charge is 0.388 e. The van der Waals surface area contributed by atoms with Crippen molar-refractivity contribution in [1.82, 2.24) is 24.2 Å². The van der Waals surface area contributed by atoms with Gasteiger partial charge in [-0.05, 0) is 30.9 Å². The van der Waals surface area contributed by atoms with Crippen molar-refractivity contribution in [3.63, 3.8) is 0 Å². The highest BCUT2D eigenvalue weighted by molar-refractivity contribution is 5.89. The molecule has 2 aromatic carbocycles. The van der Waals surface area contributed by atoms with Crippen molar-refractivity contribution < 1.29 is 23.1 Å². The number of nitrogens with zero attached hydrogens (tertiary/aromatic N) is 5. The molecule has 9 nitrogen and oxygen atoms in total. The summed E-state index contributed by atoms with van der Waals surface area (Å²) in [5.41, 5.74) is 7.27. The first-order valence-corrected chi connectivity index (χ1v) is 13.8. The van der Waals surface area contributed by atoms with Crippen molar-refractivity contribution in [3.05, 3.63) is 82.4 Å². The number of alkyl halides is 3. The maximum absolute atomic E-state index is 13.8. The molecular formula is C30H33F3N6O3. The van der Waals surface area contributed by atoms with Crippen LogP contribution in [-0.2, 0) is 18.4 Å². The van der Waals surface area contributed by atoms with Crippen molar-refractivity contribution in [3.8, 4) is 11.3 Å². The second-order valence-electron chi connectivity index (χ2n) is 11.1. The molecule has 1 aliphatic rings. The minimum absolute atomic E-state index is 0.0361. The molecule has 3 N–H and O–H groups in total. The van der Waals surface area contributed by atoms with Crippen LogP contribution in [0, 0.1) is 0 Å². The molecule has 12 heteroatoms. The van der Waals surface area contributed by atoms with Crippen LogP contribution >= 0.6 is 0 Å². The normalized spacial score (nSPS) is 16.9. The summed E-state index contributed by atoms with van der Waals surface area (Å²) in [6.07, 6.45) is -3.70. The number of halogens is 3. The molecule has 4 aromatic rings. The van der Waals surface area contributed by atoms with E-state index in [1.54, 1.807) is 17.8 Å². The quantitative estimate of drug-likeness (QED) is 0.341. The van der Waals surface area contributed by atoms with Crippen molar-refractivity contribution in [1.29, 1.82) is 0 Å². The maximum atomic E-state index is 13.8. The van der Waals surface area contributed by atoms with Gasteiger partial charge in [-0.15, -0.1) is 0 Å². The van der Waals surface area contributed by atoms with Crippen LogP contribution in [-0.4, -0.2) is 60.1 Å². The van der Waals surface area contributed by atoms with E-state index < -0.39 is 35.6 Å². The number of hydrogen-bond acceptors (Lipinski definition) is 6. The third kappa shape index (κ3) is 5.95. The van der Waals surface area contributed by atoms with Gasteiger partial charge in [-0.2, -0.15) is 18.3 Å². The highest BCUT2D eigenvalue weighted by Crippen LogP contribution is 2.38. The molecule has 0 radical (unpaired) electrons. The molecule has 1 aliphatic heterocycles. The van der Waals surface area contributed by atoms with Crippen LogP contribution in [0.1, 0.15) is 49.3 Å². The molecule has 5 rings (SSSR count). The van der Waals surface area contributed by atoms with Gasteiger partial charge in [0.25, 0.3) is 5.56 Å². The number of nitrogens with two attached hydrogens (primary N) is 1. The number of carbonyl (C=O) groups is 1. The zero-order chi connectivity index (χ0) is 30.2. The molecular weight excluding hydrogens is 549 g/mol. The Labute approximate surface area is 240 Å². The number of aliphatic hydroxyl groups is 1. The Balaban J connectivity index is 1.29. The zero-order valence-electron chi connectivity index (χ0n) is 23.4. The third-order valence-electron chi connectivity index (χ3n) is 8.01. The molecule has 1 saturated heterocycles. The van der Waals surface area contributed by atoms with Crippen molar-refractivity contribution in [2.24, 2.45) is 12.8 Å². The van der Waals surface area contributed by atoms with E-state index in [-0.39, 0.29) is 49.6 Å². The Morgan fingerprint density at radius 1 is 1.05 bits per heavy atom. The molecule has 0 saturated carbocycles. The van der Waals surface area contributed by atoms with E-state index in [4.69, 9.17) is 5.73 Å². The van der Waals surface area contributed by atoms with E-state index in [2.05, 4.69) is 10.1 Å². The van der Waals surface area contributed by atoms with E-state index in [1.165, 1.54) is 40.1 Å². The second-order valence-corrected chi connectivity index (χ2v) is 11.1. The van der Waals surface area contributed by atoms with Gasteiger partial charge in [0.2, 0.25) is 5.91 Å². The summed E-state index contributed by atoms with van der Waals surface area (Å²) in [7, 11) is 1.72. The summed E-state index contributed by atoms with van der Waals surface area (Å²) in [5.74, 6) is -2.53. The van der Waals surface area contributed by atoms with Gasteiger partial charge >= 0.3 is 6.18 Å². The lowest BCUT2D eigenvalue weighted by Crippen LogP contribution is -2.50. The zero-order valence-corrected chi connectivity index (χ0v) is 23.4. The van der Waals surface area contributed by atoms with Crippen LogP contribution < -0.4 is 11.3 Å². The first kappa shape index (κ1) is 29.5. The van der Waals surface area contributed by atoms with Gasteiger partial charge < -0.3 is 15.7 Å². The van der Waals surface area contributed by atoms with E-state index >= 15 is 0 Å². The van der Waals surface area contributed by atoms with E-state index in [0.717, 1.165) is 11.1 Å². The molecule has 42 heavy (non-hydrogen) atoms. The number of aromatic nitrogens is 4. The molecule has 1 amide bonds. The molecule has 0 spiro atoms. The molecule has 0 unspecified atom stereocenters.